The van der Waals surface area contributed by atoms with Crippen molar-refractivity contribution in [2.45, 2.75) is 309 Å². The molecule has 3 N–H and O–H groups in total. The molecule has 3 unspecified atom stereocenters. The summed E-state index contributed by atoms with van der Waals surface area (Å²) in [4.78, 5) is 23.2. The summed E-state index contributed by atoms with van der Waals surface area (Å²) in [6, 6.07) is -0.752. The first kappa shape index (κ1) is 63.5. The van der Waals surface area contributed by atoms with Gasteiger partial charge in [0.1, 0.15) is 13.2 Å². The Hall–Kier alpha value is -0.500. The minimum Gasteiger partial charge on any atom is -0.391 e. The molecule has 0 radical (unpaired) electrons. The second-order valence-electron chi connectivity index (χ2n) is 21.0. The molecule has 3 atom stereocenters. The molecular weight excluding hydrogens is 816 g/mol. The van der Waals surface area contributed by atoms with Gasteiger partial charge < -0.3 is 19.8 Å². The molecule has 0 heterocycles. The number of aliphatic hydroxyl groups excluding tert-OH is 1. The Kier molecular flexibility index (Phi) is 47.2. The number of nitrogens with one attached hydrogen (secondary N) is 1. The predicted octanol–water partition coefficient (Wildman–Crippen LogP) is 16.9. The van der Waals surface area contributed by atoms with Gasteiger partial charge in [0.05, 0.1) is 39.9 Å². The molecule has 0 bridgehead atoms. The third-order valence-electron chi connectivity index (χ3n) is 13.4. The van der Waals surface area contributed by atoms with E-state index in [1.807, 2.05) is 21.1 Å². The van der Waals surface area contributed by atoms with E-state index in [2.05, 4.69) is 19.2 Å². The Labute approximate surface area is 399 Å². The summed E-state index contributed by atoms with van der Waals surface area (Å²) >= 11 is 0. The Balaban J connectivity index is 3.78. The van der Waals surface area contributed by atoms with Gasteiger partial charge in [-0.25, -0.2) is 4.57 Å². The van der Waals surface area contributed by atoms with Crippen molar-refractivity contribution in [1.29, 1.82) is 0 Å². The summed E-state index contributed by atoms with van der Waals surface area (Å²) in [5.41, 5.74) is 0. The van der Waals surface area contributed by atoms with Crippen LogP contribution in [-0.4, -0.2) is 73.4 Å². The number of unbranched alkanes of at least 4 members (excludes halogenated alkanes) is 40. The normalized spacial score (nSPS) is 13.9. The Morgan fingerprint density at radius 1 is 0.469 bits per heavy atom. The molecule has 384 valence electrons. The zero-order chi connectivity index (χ0) is 47.1. The molecule has 9 heteroatoms. The quantitative estimate of drug-likeness (QED) is 0.0319. The molecule has 1 amide bonds. The van der Waals surface area contributed by atoms with Gasteiger partial charge >= 0.3 is 7.82 Å². The number of likely N-dealkylation sites (N-methyl/N-ethyl adjacent to an activating group) is 1. The molecule has 0 aromatic heterocycles. The molecular formula is C55H114N2O6P+. The maximum Gasteiger partial charge on any atom is 0.472 e. The SMILES string of the molecule is CCCCCCCCCCCCCCCCCCCCCCCCCCCCCCCCCCCCC(=O)NC(COP(=O)(O)OCC[N+](C)(C)C)C(O)CCCCCCCCCC. The Bertz CT molecular complexity index is 1010. The van der Waals surface area contributed by atoms with E-state index >= 15 is 0 Å². The number of hydrogen-bond acceptors (Lipinski definition) is 5. The second-order valence-corrected chi connectivity index (χ2v) is 22.5. The first-order chi connectivity index (χ1) is 31.0. The van der Waals surface area contributed by atoms with Gasteiger partial charge in [0.25, 0.3) is 0 Å². The van der Waals surface area contributed by atoms with Crippen LogP contribution in [0.2, 0.25) is 0 Å². The Morgan fingerprint density at radius 3 is 1.05 bits per heavy atom. The van der Waals surface area contributed by atoms with Crippen molar-refractivity contribution in [3.8, 4) is 0 Å². The van der Waals surface area contributed by atoms with Gasteiger partial charge in [-0.3, -0.25) is 13.8 Å². The molecule has 64 heavy (non-hydrogen) atoms. The van der Waals surface area contributed by atoms with E-state index in [0.717, 1.165) is 38.5 Å². The summed E-state index contributed by atoms with van der Waals surface area (Å²) in [5.74, 6) is -0.141. The van der Waals surface area contributed by atoms with Crippen LogP contribution in [0.3, 0.4) is 0 Å². The zero-order valence-corrected chi connectivity index (χ0v) is 44.7. The van der Waals surface area contributed by atoms with Crippen molar-refractivity contribution in [3.05, 3.63) is 0 Å². The number of nitrogens with zero attached hydrogens (tertiary/aromatic N) is 1. The van der Waals surface area contributed by atoms with E-state index in [9.17, 15) is 19.4 Å². The summed E-state index contributed by atoms with van der Waals surface area (Å²) < 4.78 is 23.6. The predicted molar refractivity (Wildman–Crippen MR) is 277 cm³/mol. The van der Waals surface area contributed by atoms with Gasteiger partial charge in [-0.05, 0) is 12.8 Å². The minimum atomic E-state index is -4.30. The number of rotatable bonds is 53. The van der Waals surface area contributed by atoms with Crippen LogP contribution in [0.4, 0.5) is 0 Å². The number of phosphoric ester groups is 1. The summed E-state index contributed by atoms with van der Waals surface area (Å²) in [6.45, 7) is 4.89. The lowest BCUT2D eigenvalue weighted by Gasteiger charge is -2.26. The number of carbonyl (C=O) groups is 1. The highest BCUT2D eigenvalue weighted by Gasteiger charge is 2.28. The summed E-state index contributed by atoms with van der Waals surface area (Å²) in [6.07, 6.45) is 56.3. The fourth-order valence-electron chi connectivity index (χ4n) is 8.87. The molecule has 0 aliphatic carbocycles. The third kappa shape index (κ3) is 49.4. The van der Waals surface area contributed by atoms with E-state index in [4.69, 9.17) is 9.05 Å². The van der Waals surface area contributed by atoms with Crippen LogP contribution in [0.1, 0.15) is 296 Å². The lowest BCUT2D eigenvalue weighted by Crippen LogP contribution is -2.46. The number of amides is 1. The molecule has 0 fully saturated rings. The number of aliphatic hydroxyl groups is 1. The van der Waals surface area contributed by atoms with Gasteiger partial charge in [-0.15, -0.1) is 0 Å². The van der Waals surface area contributed by atoms with Crippen molar-refractivity contribution in [2.24, 2.45) is 0 Å². The Morgan fingerprint density at radius 2 is 0.750 bits per heavy atom. The monoisotopic (exact) mass is 930 g/mol. The largest absolute Gasteiger partial charge is 0.472 e. The number of carbonyl (C=O) groups excluding carboxylic acids is 1. The van der Waals surface area contributed by atoms with Crippen LogP contribution in [0, 0.1) is 0 Å². The second kappa shape index (κ2) is 47.6. The third-order valence-corrected chi connectivity index (χ3v) is 14.3. The maximum atomic E-state index is 12.9. The van der Waals surface area contributed by atoms with Crippen LogP contribution < -0.4 is 5.32 Å². The molecule has 8 nitrogen and oxygen atoms in total. The van der Waals surface area contributed by atoms with E-state index < -0.39 is 20.0 Å². The molecule has 0 saturated heterocycles. The molecule has 0 aromatic rings. The van der Waals surface area contributed by atoms with Gasteiger partial charge in [0.2, 0.25) is 5.91 Å². The molecule has 0 rings (SSSR count). The van der Waals surface area contributed by atoms with Crippen molar-refractivity contribution >= 4 is 13.7 Å². The minimum absolute atomic E-state index is 0.0782. The first-order valence-electron chi connectivity index (χ1n) is 28.4. The van der Waals surface area contributed by atoms with Crippen LogP contribution in [0.15, 0.2) is 0 Å². The van der Waals surface area contributed by atoms with Crippen molar-refractivity contribution in [1.82, 2.24) is 5.32 Å². The van der Waals surface area contributed by atoms with Crippen molar-refractivity contribution in [2.75, 3.05) is 40.9 Å². The van der Waals surface area contributed by atoms with E-state index in [0.29, 0.717) is 23.9 Å². The number of phosphoric acid groups is 1. The molecule has 0 aliphatic rings. The highest BCUT2D eigenvalue weighted by atomic mass is 31.2. The lowest BCUT2D eigenvalue weighted by atomic mass is 10.0. The van der Waals surface area contributed by atoms with Crippen LogP contribution in [-0.2, 0) is 18.4 Å². The highest BCUT2D eigenvalue weighted by Crippen LogP contribution is 2.43. The van der Waals surface area contributed by atoms with E-state index in [1.54, 1.807) is 0 Å². The van der Waals surface area contributed by atoms with E-state index in [1.165, 1.54) is 231 Å². The lowest BCUT2D eigenvalue weighted by molar-refractivity contribution is -0.870. The topological polar surface area (TPSA) is 105 Å². The first-order valence-corrected chi connectivity index (χ1v) is 29.9. The summed E-state index contributed by atoms with van der Waals surface area (Å²) in [7, 11) is 1.63. The molecule has 0 saturated carbocycles. The highest BCUT2D eigenvalue weighted by molar-refractivity contribution is 7.47. The number of hydrogen-bond donors (Lipinski definition) is 3. The van der Waals surface area contributed by atoms with Gasteiger partial charge in [-0.2, -0.15) is 0 Å². The smallest absolute Gasteiger partial charge is 0.391 e. The van der Waals surface area contributed by atoms with E-state index in [-0.39, 0.29) is 19.1 Å². The summed E-state index contributed by atoms with van der Waals surface area (Å²) in [5, 5.41) is 13.9. The van der Waals surface area contributed by atoms with Crippen molar-refractivity contribution < 1.29 is 32.9 Å². The van der Waals surface area contributed by atoms with Crippen LogP contribution >= 0.6 is 7.82 Å². The average Bonchev–Trinajstić information content (AvgIpc) is 3.25. The maximum absolute atomic E-state index is 12.9. The van der Waals surface area contributed by atoms with Gasteiger partial charge in [-0.1, -0.05) is 277 Å². The average molecular weight is 930 g/mol. The molecule has 0 aromatic carbocycles. The molecule has 0 spiro atoms. The van der Waals surface area contributed by atoms with Gasteiger partial charge in [0, 0.05) is 6.42 Å². The fourth-order valence-corrected chi connectivity index (χ4v) is 9.61. The standard InChI is InChI=1S/C55H113N2O6P/c1-6-8-10-12-14-16-17-18-19-20-21-22-23-24-25-26-27-28-29-30-31-32-33-34-35-36-37-38-39-40-41-43-45-47-49-55(59)56-53(52-63-64(60,61)62-51-50-57(3,4)5)54(58)48-46-44-42-15-13-11-9-7-2/h53-54,58H,6-52H2,1-5H3,(H-,56,59,60,61)/p+1. The van der Waals surface area contributed by atoms with Crippen molar-refractivity contribution in [3.63, 3.8) is 0 Å². The zero-order valence-electron chi connectivity index (χ0n) is 43.8. The van der Waals surface area contributed by atoms with Crippen LogP contribution in [0.25, 0.3) is 0 Å². The van der Waals surface area contributed by atoms with Crippen LogP contribution in [0.5, 0.6) is 0 Å². The molecule has 0 aliphatic heterocycles. The number of quaternary nitrogens is 1. The fraction of sp³-hybridized carbons (Fsp3) is 0.982. The van der Waals surface area contributed by atoms with Gasteiger partial charge in [0.15, 0.2) is 0 Å².